The van der Waals surface area contributed by atoms with Gasteiger partial charge < -0.3 is 21.1 Å². The monoisotopic (exact) mass is 481 g/mol. The first kappa shape index (κ1) is 30.4. The summed E-state index contributed by atoms with van der Waals surface area (Å²) in [4.78, 5) is 51.9. The Bertz CT molecular complexity index is 1030. The number of nitrogens with zero attached hydrogens (tertiary/aromatic N) is 3. The molecule has 2 aromatic carbocycles. The van der Waals surface area contributed by atoms with Gasteiger partial charge in [0.15, 0.2) is 18.4 Å². The Hall–Kier alpha value is -4.60. The molecular weight excluding hydrogens is 450 g/mol. The normalized spacial score (nSPS) is 11.0. The highest BCUT2D eigenvalue weighted by Gasteiger charge is 2.11. The Labute approximate surface area is 204 Å². The van der Waals surface area contributed by atoms with Gasteiger partial charge in [0, 0.05) is 25.2 Å². The molecule has 0 aliphatic carbocycles. The second-order valence-electron chi connectivity index (χ2n) is 6.35. The summed E-state index contributed by atoms with van der Waals surface area (Å²) in [6.07, 6.45) is 2.35. The second kappa shape index (κ2) is 17.9. The molecule has 0 radical (unpaired) electrons. The number of nitrogens with one attached hydrogen (secondary N) is 1. The molecule has 0 saturated carbocycles. The van der Waals surface area contributed by atoms with E-state index in [2.05, 4.69) is 15.3 Å². The van der Waals surface area contributed by atoms with Crippen molar-refractivity contribution in [2.45, 2.75) is 13.8 Å². The Balaban J connectivity index is 0.000000665. The third kappa shape index (κ3) is 12.3. The number of aliphatic carboxylic acids is 1. The number of carboxylic acid groups (broad SMARTS) is 1. The van der Waals surface area contributed by atoms with Gasteiger partial charge in [0.25, 0.3) is 5.91 Å². The van der Waals surface area contributed by atoms with Crippen LogP contribution in [0.3, 0.4) is 0 Å². The number of allylic oxidation sites excluding steroid dienone is 1. The minimum absolute atomic E-state index is 0.183. The number of nitrogens with two attached hydrogens (primary N) is 1. The molecule has 0 heterocycles. The molecule has 0 bridgehead atoms. The lowest BCUT2D eigenvalue weighted by Gasteiger charge is -2.19. The Morgan fingerprint density at radius 3 is 1.91 bits per heavy atom. The summed E-state index contributed by atoms with van der Waals surface area (Å²) in [5.41, 5.74) is 6.56. The van der Waals surface area contributed by atoms with Gasteiger partial charge in [-0.1, -0.05) is 62.4 Å². The lowest BCUT2D eigenvalue weighted by Crippen LogP contribution is -2.32. The molecule has 2 rings (SSSR count). The minimum Gasteiger partial charge on any atom is -0.480 e. The number of amidine groups is 2. The summed E-state index contributed by atoms with van der Waals surface area (Å²) in [7, 11) is 3.24. The van der Waals surface area contributed by atoms with Crippen molar-refractivity contribution in [2.75, 3.05) is 20.6 Å². The molecule has 0 saturated heterocycles. The number of aldehydes is 2. The molecule has 186 valence electrons. The maximum absolute atomic E-state index is 11.2. The number of carbonyl (C=O) groups is 4. The van der Waals surface area contributed by atoms with E-state index < -0.39 is 11.9 Å². The molecule has 10 heteroatoms. The van der Waals surface area contributed by atoms with Gasteiger partial charge in [-0.2, -0.15) is 4.99 Å². The topological polar surface area (TPSA) is 155 Å². The number of hydrogen-bond donors (Lipinski definition) is 3. The van der Waals surface area contributed by atoms with E-state index in [1.165, 1.54) is 11.1 Å². The van der Waals surface area contributed by atoms with Gasteiger partial charge in [-0.3, -0.25) is 19.2 Å². The highest BCUT2D eigenvalue weighted by atomic mass is 16.4. The van der Waals surface area contributed by atoms with Crippen LogP contribution in [-0.4, -0.2) is 66.8 Å². The maximum atomic E-state index is 11.2. The lowest BCUT2D eigenvalue weighted by molar-refractivity contribution is -0.137. The zero-order chi connectivity index (χ0) is 26.6. The summed E-state index contributed by atoms with van der Waals surface area (Å²) in [5, 5.41) is 11.6. The van der Waals surface area contributed by atoms with Crippen LogP contribution in [0.1, 0.15) is 29.8 Å². The number of hydrogen-bond acceptors (Lipinski definition) is 6. The predicted molar refractivity (Wildman–Crippen MR) is 136 cm³/mol. The van der Waals surface area contributed by atoms with E-state index in [1.807, 2.05) is 44.2 Å². The zero-order valence-electron chi connectivity index (χ0n) is 20.2. The highest BCUT2D eigenvalue weighted by Crippen LogP contribution is 2.06. The first-order valence-corrected chi connectivity index (χ1v) is 10.6. The maximum Gasteiger partial charge on any atom is 0.323 e. The molecule has 2 aromatic rings. The number of carbonyl (C=O) groups excluding carboxylic acids is 3. The van der Waals surface area contributed by atoms with Crippen LogP contribution in [0.25, 0.3) is 0 Å². The van der Waals surface area contributed by atoms with E-state index in [4.69, 9.17) is 10.8 Å². The molecular formula is C25H31N5O5. The third-order valence-electron chi connectivity index (χ3n) is 3.88. The fraction of sp³-hybridized carbons (Fsp3) is 0.200. The van der Waals surface area contributed by atoms with Crippen LogP contribution in [0, 0.1) is 0 Å². The van der Waals surface area contributed by atoms with Crippen LogP contribution >= 0.6 is 0 Å². The van der Waals surface area contributed by atoms with Crippen molar-refractivity contribution in [3.8, 4) is 0 Å². The molecule has 0 aliphatic heterocycles. The van der Waals surface area contributed by atoms with Crippen LogP contribution in [0.15, 0.2) is 82.5 Å². The summed E-state index contributed by atoms with van der Waals surface area (Å²) >= 11 is 0. The number of benzene rings is 2. The van der Waals surface area contributed by atoms with Crippen LogP contribution in [-0.2, 0) is 14.4 Å². The Kier molecular flexibility index (Phi) is 15.5. The quantitative estimate of drug-likeness (QED) is 0.224. The van der Waals surface area contributed by atoms with Crippen LogP contribution in [0.2, 0.25) is 0 Å². The van der Waals surface area contributed by atoms with Gasteiger partial charge >= 0.3 is 5.97 Å². The highest BCUT2D eigenvalue weighted by molar-refractivity contribution is 6.29. The van der Waals surface area contributed by atoms with Crippen molar-refractivity contribution in [1.82, 2.24) is 10.2 Å². The molecule has 10 nitrogen and oxygen atoms in total. The summed E-state index contributed by atoms with van der Waals surface area (Å²) in [6.45, 7) is 3.82. The number of carboxylic acids is 1. The van der Waals surface area contributed by atoms with Crippen molar-refractivity contribution < 1.29 is 24.3 Å². The Morgan fingerprint density at radius 2 is 1.49 bits per heavy atom. The third-order valence-corrected chi connectivity index (χ3v) is 3.88. The minimum atomic E-state index is -0.954. The van der Waals surface area contributed by atoms with E-state index in [0.29, 0.717) is 29.7 Å². The average molecular weight is 482 g/mol. The van der Waals surface area contributed by atoms with Gasteiger partial charge in [-0.25, -0.2) is 4.99 Å². The predicted octanol–water partition coefficient (Wildman–Crippen LogP) is 2.12. The van der Waals surface area contributed by atoms with Gasteiger partial charge in [0.05, 0.1) is 11.9 Å². The van der Waals surface area contributed by atoms with Crippen molar-refractivity contribution in [3.05, 3.63) is 83.7 Å². The van der Waals surface area contributed by atoms with E-state index in [0.717, 1.165) is 5.56 Å². The largest absolute Gasteiger partial charge is 0.480 e. The zero-order valence-corrected chi connectivity index (χ0v) is 20.2. The van der Waals surface area contributed by atoms with Gasteiger partial charge in [0.2, 0.25) is 0 Å². The first-order valence-electron chi connectivity index (χ1n) is 10.6. The van der Waals surface area contributed by atoms with Crippen molar-refractivity contribution in [2.24, 2.45) is 15.7 Å². The number of rotatable bonds is 8. The van der Waals surface area contributed by atoms with Crippen LogP contribution < -0.4 is 11.1 Å². The molecule has 1 amide bonds. The smallest absolute Gasteiger partial charge is 0.323 e. The molecule has 4 N–H and O–H groups in total. The summed E-state index contributed by atoms with van der Waals surface area (Å²) < 4.78 is 0. The molecule has 0 unspecified atom stereocenters. The van der Waals surface area contributed by atoms with E-state index in [9.17, 15) is 19.2 Å². The molecule has 0 fully saturated rings. The van der Waals surface area contributed by atoms with Gasteiger partial charge in [0.1, 0.15) is 12.4 Å². The molecule has 0 aliphatic rings. The number of likely N-dealkylation sites (N-methyl/N-ethyl adjacent to an activating group) is 2. The van der Waals surface area contributed by atoms with E-state index in [-0.39, 0.29) is 12.4 Å². The fourth-order valence-electron chi connectivity index (χ4n) is 2.33. The SMILES string of the molecule is CC.CN/C(C=O)=C/N=C(c1ccccc1)N(C)CC(=O)O.NC(C=O)=NC(=O)c1ccccc1. The lowest BCUT2D eigenvalue weighted by atomic mass is 10.2. The number of aliphatic imine (C=N–C) groups is 2. The van der Waals surface area contributed by atoms with Crippen molar-refractivity contribution in [1.29, 1.82) is 0 Å². The van der Waals surface area contributed by atoms with E-state index >= 15 is 0 Å². The first-order chi connectivity index (χ1) is 16.8. The second-order valence-corrected chi connectivity index (χ2v) is 6.35. The molecule has 35 heavy (non-hydrogen) atoms. The standard InChI is InChI=1S/C14H17N3O3.C9H8N2O2.C2H6/c1-15-12(10-18)8-16-14(17(2)9-13(19)20)11-6-4-3-5-7-11;10-8(6-12)11-9(13)7-4-2-1-3-5-7;1-2/h3-8,10,15H,9H2,1-2H3,(H,19,20);1-6H,(H2,10,11,13);1-2H3/b12-8+,16-14?;;. The Morgan fingerprint density at radius 1 is 0.971 bits per heavy atom. The van der Waals surface area contributed by atoms with Gasteiger partial charge in [-0.15, -0.1) is 0 Å². The molecule has 0 atom stereocenters. The molecule has 0 aromatic heterocycles. The summed E-state index contributed by atoms with van der Waals surface area (Å²) in [6, 6.07) is 17.6. The summed E-state index contributed by atoms with van der Waals surface area (Å²) in [5.74, 6) is -1.30. The van der Waals surface area contributed by atoms with E-state index in [1.54, 1.807) is 44.4 Å². The molecule has 0 spiro atoms. The fourth-order valence-corrected chi connectivity index (χ4v) is 2.33. The van der Waals surface area contributed by atoms with Crippen molar-refractivity contribution in [3.63, 3.8) is 0 Å². The van der Waals surface area contributed by atoms with Crippen LogP contribution in [0.5, 0.6) is 0 Å². The average Bonchev–Trinajstić information content (AvgIpc) is 2.88. The van der Waals surface area contributed by atoms with Gasteiger partial charge in [-0.05, 0) is 12.1 Å². The number of amides is 1. The van der Waals surface area contributed by atoms with Crippen LogP contribution in [0.4, 0.5) is 0 Å². The van der Waals surface area contributed by atoms with Crippen molar-refractivity contribution >= 4 is 36.1 Å².